The van der Waals surface area contributed by atoms with Crippen molar-refractivity contribution in [1.29, 1.82) is 0 Å². The Hall–Kier alpha value is -2.17. The van der Waals surface area contributed by atoms with Crippen molar-refractivity contribution in [3.63, 3.8) is 0 Å². The predicted octanol–water partition coefficient (Wildman–Crippen LogP) is 2.67. The zero-order valence-electron chi connectivity index (χ0n) is 11.0. The summed E-state index contributed by atoms with van der Waals surface area (Å²) in [5.41, 5.74) is 2.43. The molecule has 0 radical (unpaired) electrons. The minimum absolute atomic E-state index is 0.154. The molecule has 0 unspecified atom stereocenters. The lowest BCUT2D eigenvalue weighted by Gasteiger charge is -2.06. The molecule has 1 aromatic heterocycles. The largest absolute Gasteiger partial charge is 0.326 e. The quantitative estimate of drug-likeness (QED) is 0.919. The van der Waals surface area contributed by atoms with Crippen molar-refractivity contribution in [2.24, 2.45) is 0 Å². The highest BCUT2D eigenvalue weighted by molar-refractivity contribution is 5.90. The standard InChI is InChI=1S/C14H16FN3O/c1-10-8-11(2)18(17-10)7-6-14(19)16-13-5-3-4-12(15)9-13/h3-5,8-9H,6-7H2,1-2H3,(H,16,19). The zero-order chi connectivity index (χ0) is 13.8. The highest BCUT2D eigenvalue weighted by Crippen LogP contribution is 2.10. The summed E-state index contributed by atoms with van der Waals surface area (Å²) >= 11 is 0. The normalized spacial score (nSPS) is 10.5. The topological polar surface area (TPSA) is 46.9 Å². The predicted molar refractivity (Wildman–Crippen MR) is 71.3 cm³/mol. The maximum atomic E-state index is 13.0. The first-order valence-corrected chi connectivity index (χ1v) is 6.11. The van der Waals surface area contributed by atoms with Gasteiger partial charge in [-0.25, -0.2) is 4.39 Å². The van der Waals surface area contributed by atoms with Crippen LogP contribution in [-0.4, -0.2) is 15.7 Å². The van der Waals surface area contributed by atoms with Crippen LogP contribution >= 0.6 is 0 Å². The van der Waals surface area contributed by atoms with Gasteiger partial charge >= 0.3 is 0 Å². The Labute approximate surface area is 111 Å². The van der Waals surface area contributed by atoms with Gasteiger partial charge in [-0.2, -0.15) is 5.10 Å². The number of aromatic nitrogens is 2. The Kier molecular flexibility index (Phi) is 3.94. The number of hydrogen-bond donors (Lipinski definition) is 1. The average Bonchev–Trinajstić information content (AvgIpc) is 2.65. The molecule has 2 rings (SSSR count). The van der Waals surface area contributed by atoms with E-state index in [1.165, 1.54) is 12.1 Å². The average molecular weight is 261 g/mol. The third-order valence-electron chi connectivity index (χ3n) is 2.76. The minimum atomic E-state index is -0.364. The van der Waals surface area contributed by atoms with E-state index in [2.05, 4.69) is 10.4 Å². The molecule has 0 saturated carbocycles. The van der Waals surface area contributed by atoms with Crippen LogP contribution in [0.4, 0.5) is 10.1 Å². The number of benzene rings is 1. The van der Waals surface area contributed by atoms with Gasteiger partial charge in [-0.15, -0.1) is 0 Å². The molecule has 1 aromatic carbocycles. The van der Waals surface area contributed by atoms with E-state index in [0.717, 1.165) is 11.4 Å². The summed E-state index contributed by atoms with van der Waals surface area (Å²) in [5.74, 6) is -0.519. The molecule has 0 atom stereocenters. The van der Waals surface area contributed by atoms with Crippen molar-refractivity contribution < 1.29 is 9.18 Å². The maximum Gasteiger partial charge on any atom is 0.226 e. The number of aryl methyl sites for hydroxylation is 3. The third kappa shape index (κ3) is 3.64. The Bertz CT molecular complexity index is 592. The molecule has 1 heterocycles. The smallest absolute Gasteiger partial charge is 0.226 e. The fourth-order valence-corrected chi connectivity index (χ4v) is 1.90. The van der Waals surface area contributed by atoms with Gasteiger partial charge in [0.2, 0.25) is 5.91 Å². The van der Waals surface area contributed by atoms with Crippen LogP contribution in [0, 0.1) is 19.7 Å². The second-order valence-corrected chi connectivity index (χ2v) is 4.46. The van der Waals surface area contributed by atoms with Crippen LogP contribution < -0.4 is 5.32 Å². The Morgan fingerprint density at radius 2 is 2.16 bits per heavy atom. The van der Waals surface area contributed by atoms with Gasteiger partial charge in [-0.1, -0.05) is 6.07 Å². The van der Waals surface area contributed by atoms with Gasteiger partial charge in [0.05, 0.1) is 5.69 Å². The first kappa shape index (κ1) is 13.3. The number of nitrogens with zero attached hydrogens (tertiary/aromatic N) is 2. The maximum absolute atomic E-state index is 13.0. The van der Waals surface area contributed by atoms with Crippen LogP contribution in [0.2, 0.25) is 0 Å². The van der Waals surface area contributed by atoms with E-state index in [9.17, 15) is 9.18 Å². The molecule has 0 aliphatic rings. The van der Waals surface area contributed by atoms with Gasteiger partial charge in [-0.3, -0.25) is 9.48 Å². The first-order valence-electron chi connectivity index (χ1n) is 6.11. The number of carbonyl (C=O) groups excluding carboxylic acids is 1. The molecule has 0 aliphatic heterocycles. The van der Waals surface area contributed by atoms with Crippen LogP contribution in [0.15, 0.2) is 30.3 Å². The molecule has 5 heteroatoms. The Morgan fingerprint density at radius 3 is 2.79 bits per heavy atom. The zero-order valence-corrected chi connectivity index (χ0v) is 11.0. The van der Waals surface area contributed by atoms with E-state index in [-0.39, 0.29) is 11.7 Å². The summed E-state index contributed by atoms with van der Waals surface area (Å²) in [6.07, 6.45) is 0.304. The summed E-state index contributed by atoms with van der Waals surface area (Å²) in [6, 6.07) is 7.81. The molecular weight excluding hydrogens is 245 g/mol. The molecule has 0 saturated heterocycles. The Morgan fingerprint density at radius 1 is 1.37 bits per heavy atom. The van der Waals surface area contributed by atoms with Gasteiger partial charge in [-0.05, 0) is 38.1 Å². The van der Waals surface area contributed by atoms with E-state index < -0.39 is 0 Å². The van der Waals surface area contributed by atoms with Gasteiger partial charge in [0.15, 0.2) is 0 Å². The van der Waals surface area contributed by atoms with Crippen LogP contribution in [0.5, 0.6) is 0 Å². The van der Waals surface area contributed by atoms with Crippen LogP contribution in [0.3, 0.4) is 0 Å². The summed E-state index contributed by atoms with van der Waals surface area (Å²) in [5, 5.41) is 6.94. The number of carbonyl (C=O) groups is 1. The van der Waals surface area contributed by atoms with E-state index >= 15 is 0 Å². The molecular formula is C14H16FN3O. The third-order valence-corrected chi connectivity index (χ3v) is 2.76. The Balaban J connectivity index is 1.90. The number of hydrogen-bond acceptors (Lipinski definition) is 2. The summed E-state index contributed by atoms with van der Waals surface area (Å²) in [7, 11) is 0. The number of nitrogens with one attached hydrogen (secondary N) is 1. The lowest BCUT2D eigenvalue weighted by atomic mass is 10.3. The summed E-state index contributed by atoms with van der Waals surface area (Å²) < 4.78 is 14.8. The van der Waals surface area contributed by atoms with Crippen LogP contribution in [0.1, 0.15) is 17.8 Å². The van der Waals surface area contributed by atoms with Crippen molar-refractivity contribution in [2.75, 3.05) is 5.32 Å². The lowest BCUT2D eigenvalue weighted by Crippen LogP contribution is -2.15. The van der Waals surface area contributed by atoms with E-state index in [1.807, 2.05) is 19.9 Å². The molecule has 0 spiro atoms. The van der Waals surface area contributed by atoms with Gasteiger partial charge in [0, 0.05) is 24.3 Å². The van der Waals surface area contributed by atoms with Crippen molar-refractivity contribution >= 4 is 11.6 Å². The fraction of sp³-hybridized carbons (Fsp3) is 0.286. The molecule has 1 amide bonds. The molecule has 0 aliphatic carbocycles. The van der Waals surface area contributed by atoms with Crippen molar-refractivity contribution in [2.45, 2.75) is 26.8 Å². The van der Waals surface area contributed by atoms with E-state index in [0.29, 0.717) is 18.7 Å². The number of halogens is 1. The lowest BCUT2D eigenvalue weighted by molar-refractivity contribution is -0.116. The number of amides is 1. The van der Waals surface area contributed by atoms with Crippen molar-refractivity contribution in [3.05, 3.63) is 47.5 Å². The molecule has 19 heavy (non-hydrogen) atoms. The molecule has 4 nitrogen and oxygen atoms in total. The van der Waals surface area contributed by atoms with Crippen molar-refractivity contribution in [1.82, 2.24) is 9.78 Å². The first-order chi connectivity index (χ1) is 9.04. The fourth-order valence-electron chi connectivity index (χ4n) is 1.90. The highest BCUT2D eigenvalue weighted by Gasteiger charge is 2.06. The molecule has 1 N–H and O–H groups in total. The van der Waals surface area contributed by atoms with E-state index in [4.69, 9.17) is 0 Å². The molecule has 2 aromatic rings. The van der Waals surface area contributed by atoms with Crippen molar-refractivity contribution in [3.8, 4) is 0 Å². The monoisotopic (exact) mass is 261 g/mol. The molecule has 0 fully saturated rings. The summed E-state index contributed by atoms with van der Waals surface area (Å²) in [4.78, 5) is 11.7. The van der Waals surface area contributed by atoms with Gasteiger partial charge < -0.3 is 5.32 Å². The van der Waals surface area contributed by atoms with Crippen LogP contribution in [0.25, 0.3) is 0 Å². The summed E-state index contributed by atoms with van der Waals surface area (Å²) in [6.45, 7) is 4.38. The minimum Gasteiger partial charge on any atom is -0.326 e. The number of rotatable bonds is 4. The highest BCUT2D eigenvalue weighted by atomic mass is 19.1. The molecule has 100 valence electrons. The SMILES string of the molecule is Cc1cc(C)n(CCC(=O)Nc2cccc(F)c2)n1. The number of anilines is 1. The second-order valence-electron chi connectivity index (χ2n) is 4.46. The van der Waals surface area contributed by atoms with Gasteiger partial charge in [0.1, 0.15) is 5.82 Å². The van der Waals surface area contributed by atoms with E-state index in [1.54, 1.807) is 16.8 Å². The van der Waals surface area contributed by atoms with Gasteiger partial charge in [0.25, 0.3) is 0 Å². The van der Waals surface area contributed by atoms with Crippen LogP contribution in [-0.2, 0) is 11.3 Å². The molecule has 0 bridgehead atoms. The second kappa shape index (κ2) is 5.65.